The zero-order valence-corrected chi connectivity index (χ0v) is 12.5. The van der Waals surface area contributed by atoms with Gasteiger partial charge in [-0.25, -0.2) is 4.98 Å². The van der Waals surface area contributed by atoms with Gasteiger partial charge >= 0.3 is 0 Å². The molecule has 0 atom stereocenters. The van der Waals surface area contributed by atoms with Crippen molar-refractivity contribution in [2.45, 2.75) is 11.9 Å². The van der Waals surface area contributed by atoms with E-state index in [4.69, 9.17) is 5.11 Å². The van der Waals surface area contributed by atoms with E-state index in [1.807, 2.05) is 0 Å². The average Bonchev–Trinajstić information content (AvgIpc) is 2.86. The summed E-state index contributed by atoms with van der Waals surface area (Å²) in [6.45, 7) is 1.56. The van der Waals surface area contributed by atoms with Gasteiger partial charge in [0.2, 0.25) is 0 Å². The lowest BCUT2D eigenvalue weighted by Gasteiger charge is -2.09. The minimum Gasteiger partial charge on any atom is -0.384 e. The van der Waals surface area contributed by atoms with Crippen LogP contribution in [0, 0.1) is 18.8 Å². The minimum absolute atomic E-state index is 0.0338. The highest BCUT2D eigenvalue weighted by Gasteiger charge is 2.17. The molecule has 1 aromatic carbocycles. The molecule has 0 aliphatic rings. The molecule has 0 unspecified atom stereocenters. The van der Waals surface area contributed by atoms with E-state index in [0.717, 1.165) is 5.56 Å². The summed E-state index contributed by atoms with van der Waals surface area (Å²) in [4.78, 5) is 3.83. The van der Waals surface area contributed by atoms with Gasteiger partial charge in [0.15, 0.2) is 5.03 Å². The first-order valence-electron chi connectivity index (χ1n) is 6.13. The van der Waals surface area contributed by atoms with Gasteiger partial charge in [0.05, 0.1) is 12.0 Å². The van der Waals surface area contributed by atoms with E-state index in [1.54, 1.807) is 36.7 Å². The van der Waals surface area contributed by atoms with Crippen LogP contribution in [0.4, 0.5) is 5.69 Å². The van der Waals surface area contributed by atoms with Crippen molar-refractivity contribution in [3.63, 3.8) is 0 Å². The molecule has 0 fully saturated rings. The monoisotopic (exact) mass is 305 g/mol. The lowest BCUT2D eigenvalue weighted by molar-refractivity contribution is 0.350. The van der Waals surface area contributed by atoms with Gasteiger partial charge in [-0.05, 0) is 30.7 Å². The van der Waals surface area contributed by atoms with Crippen LogP contribution in [-0.2, 0) is 17.1 Å². The van der Waals surface area contributed by atoms with Gasteiger partial charge in [-0.1, -0.05) is 11.8 Å². The molecule has 2 rings (SSSR count). The third-order valence-corrected chi connectivity index (χ3v) is 3.99. The van der Waals surface area contributed by atoms with Crippen LogP contribution in [0.5, 0.6) is 0 Å². The Morgan fingerprint density at radius 1 is 1.43 bits per heavy atom. The highest BCUT2D eigenvalue weighted by molar-refractivity contribution is 7.92. The maximum absolute atomic E-state index is 12.2. The van der Waals surface area contributed by atoms with Gasteiger partial charge in [0, 0.05) is 18.8 Å². The number of benzene rings is 1. The number of aliphatic hydroxyl groups excluding tert-OH is 1. The summed E-state index contributed by atoms with van der Waals surface area (Å²) >= 11 is 0. The number of imidazole rings is 1. The Labute approximate surface area is 123 Å². The van der Waals surface area contributed by atoms with E-state index in [1.165, 1.54) is 12.5 Å². The normalized spacial score (nSPS) is 10.8. The molecule has 6 nitrogen and oxygen atoms in total. The molecule has 0 saturated carbocycles. The molecule has 0 aliphatic carbocycles. The second-order valence-electron chi connectivity index (χ2n) is 4.47. The SMILES string of the molecule is Cc1cc(C#CCO)ccc1NS(=O)(=O)c1cn(C)cn1. The number of hydrogen-bond acceptors (Lipinski definition) is 4. The Kier molecular flexibility index (Phi) is 4.31. The summed E-state index contributed by atoms with van der Waals surface area (Å²) < 4.78 is 28.4. The highest BCUT2D eigenvalue weighted by Crippen LogP contribution is 2.19. The quantitative estimate of drug-likeness (QED) is 0.824. The Morgan fingerprint density at radius 3 is 2.76 bits per heavy atom. The average molecular weight is 305 g/mol. The van der Waals surface area contributed by atoms with Crippen LogP contribution in [0.1, 0.15) is 11.1 Å². The Hall–Kier alpha value is -2.30. The van der Waals surface area contributed by atoms with Crippen LogP contribution >= 0.6 is 0 Å². The van der Waals surface area contributed by atoms with E-state index < -0.39 is 10.0 Å². The molecule has 7 heteroatoms. The van der Waals surface area contributed by atoms with Crippen LogP contribution in [0.25, 0.3) is 0 Å². The van der Waals surface area contributed by atoms with Crippen LogP contribution in [0.3, 0.4) is 0 Å². The van der Waals surface area contributed by atoms with Crippen LogP contribution in [0.2, 0.25) is 0 Å². The molecule has 1 heterocycles. The number of anilines is 1. The van der Waals surface area contributed by atoms with E-state index >= 15 is 0 Å². The number of nitrogens with one attached hydrogen (secondary N) is 1. The van der Waals surface area contributed by atoms with Crippen molar-refractivity contribution in [1.29, 1.82) is 0 Å². The fraction of sp³-hybridized carbons (Fsp3) is 0.214. The van der Waals surface area contributed by atoms with Gasteiger partial charge in [-0.15, -0.1) is 0 Å². The first kappa shape index (κ1) is 15.1. The molecule has 110 valence electrons. The number of rotatable bonds is 3. The third-order valence-electron chi connectivity index (χ3n) is 2.74. The van der Waals surface area contributed by atoms with Crippen molar-refractivity contribution in [2.24, 2.45) is 7.05 Å². The highest BCUT2D eigenvalue weighted by atomic mass is 32.2. The van der Waals surface area contributed by atoms with Crippen molar-refractivity contribution in [3.8, 4) is 11.8 Å². The van der Waals surface area contributed by atoms with Gasteiger partial charge in [-0.3, -0.25) is 4.72 Å². The number of nitrogens with zero attached hydrogens (tertiary/aromatic N) is 2. The maximum Gasteiger partial charge on any atom is 0.280 e. The molecule has 0 aliphatic heterocycles. The summed E-state index contributed by atoms with van der Waals surface area (Å²) in [7, 11) is -2.00. The molecule has 1 aromatic heterocycles. The summed E-state index contributed by atoms with van der Waals surface area (Å²) in [5.41, 5.74) is 1.91. The molecular weight excluding hydrogens is 290 g/mol. The fourth-order valence-electron chi connectivity index (χ4n) is 1.72. The van der Waals surface area contributed by atoms with Crippen molar-refractivity contribution in [3.05, 3.63) is 41.9 Å². The largest absolute Gasteiger partial charge is 0.384 e. The zero-order chi connectivity index (χ0) is 15.5. The molecular formula is C14H15N3O3S. The van der Waals surface area contributed by atoms with Crippen molar-refractivity contribution < 1.29 is 13.5 Å². The van der Waals surface area contributed by atoms with E-state index in [9.17, 15) is 8.42 Å². The summed E-state index contributed by atoms with van der Waals surface area (Å²) in [6, 6.07) is 5.07. The number of aliphatic hydroxyl groups is 1. The number of aromatic nitrogens is 2. The predicted molar refractivity (Wildman–Crippen MR) is 79.2 cm³/mol. The van der Waals surface area contributed by atoms with Gasteiger partial charge in [-0.2, -0.15) is 8.42 Å². The summed E-state index contributed by atoms with van der Waals surface area (Å²) in [6.07, 6.45) is 2.85. The molecule has 21 heavy (non-hydrogen) atoms. The topological polar surface area (TPSA) is 84.2 Å². The second-order valence-corrected chi connectivity index (χ2v) is 6.10. The minimum atomic E-state index is -3.70. The Morgan fingerprint density at radius 2 is 2.19 bits per heavy atom. The summed E-state index contributed by atoms with van der Waals surface area (Å²) in [5, 5.41) is 8.62. The number of hydrogen-bond donors (Lipinski definition) is 2. The zero-order valence-electron chi connectivity index (χ0n) is 11.7. The molecule has 0 spiro atoms. The van der Waals surface area contributed by atoms with Crippen LogP contribution in [-0.4, -0.2) is 29.7 Å². The van der Waals surface area contributed by atoms with E-state index in [2.05, 4.69) is 21.5 Å². The number of aryl methyl sites for hydroxylation is 2. The van der Waals surface area contributed by atoms with Gasteiger partial charge in [0.1, 0.15) is 6.61 Å². The van der Waals surface area contributed by atoms with Crippen LogP contribution < -0.4 is 4.72 Å². The molecule has 0 bridgehead atoms. The van der Waals surface area contributed by atoms with Gasteiger partial charge in [0.25, 0.3) is 10.0 Å². The van der Waals surface area contributed by atoms with Crippen molar-refractivity contribution >= 4 is 15.7 Å². The van der Waals surface area contributed by atoms with Crippen LogP contribution in [0.15, 0.2) is 35.7 Å². The standard InChI is InChI=1S/C14H15N3O3S/c1-11-8-12(4-3-7-18)5-6-13(11)16-21(19,20)14-9-17(2)10-15-14/h5-6,8-10,16,18H,7H2,1-2H3. The molecule has 2 aromatic rings. The van der Waals surface area contributed by atoms with Gasteiger partial charge < -0.3 is 9.67 Å². The summed E-state index contributed by atoms with van der Waals surface area (Å²) in [5.74, 6) is 5.31. The smallest absolute Gasteiger partial charge is 0.280 e. The Balaban J connectivity index is 2.27. The lowest BCUT2D eigenvalue weighted by Crippen LogP contribution is -2.14. The third kappa shape index (κ3) is 3.62. The fourth-order valence-corrected chi connectivity index (χ4v) is 2.84. The molecule has 0 saturated heterocycles. The number of sulfonamides is 1. The van der Waals surface area contributed by atoms with Crippen molar-refractivity contribution in [2.75, 3.05) is 11.3 Å². The van der Waals surface area contributed by atoms with E-state index in [0.29, 0.717) is 11.3 Å². The Bertz CT molecular complexity index is 813. The first-order valence-corrected chi connectivity index (χ1v) is 7.62. The molecule has 2 N–H and O–H groups in total. The van der Waals surface area contributed by atoms with Crippen molar-refractivity contribution in [1.82, 2.24) is 9.55 Å². The first-order chi connectivity index (χ1) is 9.92. The lowest BCUT2D eigenvalue weighted by atomic mass is 10.1. The maximum atomic E-state index is 12.2. The molecule has 0 radical (unpaired) electrons. The second kappa shape index (κ2) is 5.99. The van der Waals surface area contributed by atoms with E-state index in [-0.39, 0.29) is 11.6 Å². The predicted octanol–water partition coefficient (Wildman–Crippen LogP) is 0.873. The molecule has 0 amide bonds.